The molecule has 1 aliphatic heterocycles. The summed E-state index contributed by atoms with van der Waals surface area (Å²) in [7, 11) is -4.34. The Bertz CT molecular complexity index is 950. The zero-order valence-electron chi connectivity index (χ0n) is 15.1. The molecule has 7 heteroatoms. The van der Waals surface area contributed by atoms with E-state index in [1.54, 1.807) is 18.2 Å². The van der Waals surface area contributed by atoms with Crippen LogP contribution in [0.15, 0.2) is 48.5 Å². The Labute approximate surface area is 158 Å². The summed E-state index contributed by atoms with van der Waals surface area (Å²) in [6.07, 6.45) is 0.433. The average Bonchev–Trinajstić information content (AvgIpc) is 2.59. The van der Waals surface area contributed by atoms with Gasteiger partial charge in [-0.3, -0.25) is 9.35 Å². The Kier molecular flexibility index (Phi) is 5.01. The molecule has 2 atom stereocenters. The predicted octanol–water partition coefficient (Wildman–Crippen LogP) is 3.37. The minimum atomic E-state index is -4.34. The maximum Gasteiger partial charge on any atom is 0.311 e. The SMILES string of the molecule is CC1(C)CC(S(=O)(=O)O)Oc2ccc(C(Cc3ccccc3)C(=O)O)cc21. The summed E-state index contributed by atoms with van der Waals surface area (Å²) in [5.41, 5.74) is 0.362. The van der Waals surface area contributed by atoms with Gasteiger partial charge >= 0.3 is 16.1 Å². The maximum atomic E-state index is 11.9. The smallest absolute Gasteiger partial charge is 0.311 e. The number of hydrogen-bond donors (Lipinski definition) is 2. The van der Waals surface area contributed by atoms with Crippen LogP contribution in [0, 0.1) is 0 Å². The lowest BCUT2D eigenvalue weighted by Gasteiger charge is -2.36. The number of ether oxygens (including phenoxy) is 1. The molecule has 3 rings (SSSR count). The molecule has 2 N–H and O–H groups in total. The van der Waals surface area contributed by atoms with Crippen molar-refractivity contribution in [3.8, 4) is 5.75 Å². The predicted molar refractivity (Wildman–Crippen MR) is 101 cm³/mol. The molecule has 144 valence electrons. The van der Waals surface area contributed by atoms with E-state index in [0.717, 1.165) is 11.1 Å². The number of carboxylic acids is 1. The van der Waals surface area contributed by atoms with Crippen LogP contribution in [0.3, 0.4) is 0 Å². The molecule has 0 saturated heterocycles. The largest absolute Gasteiger partial charge is 0.481 e. The Hall–Kier alpha value is -2.38. The average molecular weight is 390 g/mol. The highest BCUT2D eigenvalue weighted by Crippen LogP contribution is 2.43. The molecule has 0 radical (unpaired) electrons. The Balaban J connectivity index is 1.98. The van der Waals surface area contributed by atoms with Crippen molar-refractivity contribution in [2.45, 2.75) is 43.5 Å². The fourth-order valence-corrected chi connectivity index (χ4v) is 4.32. The summed E-state index contributed by atoms with van der Waals surface area (Å²) in [5.74, 6) is -1.31. The van der Waals surface area contributed by atoms with E-state index in [-0.39, 0.29) is 6.42 Å². The summed E-state index contributed by atoms with van der Waals surface area (Å²) in [5, 5.41) is 9.73. The van der Waals surface area contributed by atoms with Crippen LogP contribution in [0.4, 0.5) is 0 Å². The molecule has 0 fully saturated rings. The zero-order valence-corrected chi connectivity index (χ0v) is 15.9. The van der Waals surface area contributed by atoms with Gasteiger partial charge in [-0.05, 0) is 29.0 Å². The standard InChI is InChI=1S/C20H22O6S/c1-20(2)12-18(27(23,24)25)26-17-9-8-14(11-16(17)20)15(19(21)22)10-13-6-4-3-5-7-13/h3-9,11,15,18H,10,12H2,1-2H3,(H,21,22)(H,23,24,25). The molecule has 0 bridgehead atoms. The van der Waals surface area contributed by atoms with Gasteiger partial charge < -0.3 is 9.84 Å². The molecule has 1 aliphatic rings. The van der Waals surface area contributed by atoms with Gasteiger partial charge in [0.25, 0.3) is 0 Å². The topological polar surface area (TPSA) is 101 Å². The third-order valence-electron chi connectivity index (χ3n) is 4.98. The van der Waals surface area contributed by atoms with Gasteiger partial charge in [-0.15, -0.1) is 0 Å². The number of fused-ring (bicyclic) bond motifs is 1. The number of hydrogen-bond acceptors (Lipinski definition) is 4. The zero-order chi connectivity index (χ0) is 19.8. The summed E-state index contributed by atoms with van der Waals surface area (Å²) < 4.78 is 37.8. The van der Waals surface area contributed by atoms with Crippen LogP contribution in [-0.4, -0.2) is 29.5 Å². The molecular weight excluding hydrogens is 368 g/mol. The van der Waals surface area contributed by atoms with Gasteiger partial charge in [-0.2, -0.15) is 8.42 Å². The normalized spacial score (nSPS) is 19.6. The van der Waals surface area contributed by atoms with E-state index in [2.05, 4.69) is 0 Å². The first-order valence-corrected chi connectivity index (χ1v) is 10.1. The van der Waals surface area contributed by atoms with Crippen molar-refractivity contribution in [3.63, 3.8) is 0 Å². The van der Waals surface area contributed by atoms with Crippen molar-refractivity contribution in [3.05, 3.63) is 65.2 Å². The first-order valence-electron chi connectivity index (χ1n) is 8.62. The molecule has 0 amide bonds. The van der Waals surface area contributed by atoms with E-state index in [1.807, 2.05) is 44.2 Å². The highest BCUT2D eigenvalue weighted by atomic mass is 32.2. The van der Waals surface area contributed by atoms with Crippen LogP contribution in [0.2, 0.25) is 0 Å². The summed E-state index contributed by atoms with van der Waals surface area (Å²) in [6, 6.07) is 14.4. The third kappa shape index (κ3) is 4.14. The van der Waals surface area contributed by atoms with E-state index in [4.69, 9.17) is 4.74 Å². The third-order valence-corrected chi connectivity index (χ3v) is 5.91. The molecular formula is C20H22O6S. The van der Waals surface area contributed by atoms with Crippen molar-refractivity contribution < 1.29 is 27.6 Å². The van der Waals surface area contributed by atoms with Crippen molar-refractivity contribution >= 4 is 16.1 Å². The number of carbonyl (C=O) groups is 1. The highest BCUT2D eigenvalue weighted by Gasteiger charge is 2.40. The monoisotopic (exact) mass is 390 g/mol. The molecule has 2 unspecified atom stereocenters. The summed E-state index contributed by atoms with van der Waals surface area (Å²) in [4.78, 5) is 11.9. The number of aliphatic carboxylic acids is 1. The molecule has 2 aromatic carbocycles. The number of carboxylic acid groups (broad SMARTS) is 1. The van der Waals surface area contributed by atoms with Gasteiger partial charge in [0, 0.05) is 12.0 Å². The van der Waals surface area contributed by atoms with Crippen molar-refractivity contribution in [2.24, 2.45) is 0 Å². The van der Waals surface area contributed by atoms with Crippen molar-refractivity contribution in [1.29, 1.82) is 0 Å². The van der Waals surface area contributed by atoms with Gasteiger partial charge in [-0.1, -0.05) is 56.3 Å². The molecule has 2 aromatic rings. The van der Waals surface area contributed by atoms with E-state index >= 15 is 0 Å². The van der Waals surface area contributed by atoms with E-state index in [0.29, 0.717) is 17.7 Å². The fourth-order valence-electron chi connectivity index (χ4n) is 3.47. The summed E-state index contributed by atoms with van der Waals surface area (Å²) >= 11 is 0. The second kappa shape index (κ2) is 6.98. The van der Waals surface area contributed by atoms with Crippen molar-refractivity contribution in [2.75, 3.05) is 0 Å². The van der Waals surface area contributed by atoms with E-state index in [1.165, 1.54) is 0 Å². The molecule has 0 aromatic heterocycles. The molecule has 0 spiro atoms. The van der Waals surface area contributed by atoms with E-state index < -0.39 is 32.9 Å². The van der Waals surface area contributed by atoms with Gasteiger partial charge in [-0.25, -0.2) is 0 Å². The lowest BCUT2D eigenvalue weighted by molar-refractivity contribution is -0.138. The molecule has 0 saturated carbocycles. The van der Waals surface area contributed by atoms with Crippen LogP contribution in [0.25, 0.3) is 0 Å². The Morgan fingerprint density at radius 3 is 2.48 bits per heavy atom. The van der Waals surface area contributed by atoms with Gasteiger partial charge in [0.15, 0.2) is 0 Å². The van der Waals surface area contributed by atoms with Crippen LogP contribution in [0.5, 0.6) is 5.75 Å². The van der Waals surface area contributed by atoms with Gasteiger partial charge in [0.1, 0.15) is 5.75 Å². The molecule has 0 aliphatic carbocycles. The van der Waals surface area contributed by atoms with E-state index in [9.17, 15) is 22.9 Å². The van der Waals surface area contributed by atoms with Gasteiger partial charge in [0.05, 0.1) is 5.92 Å². The fraction of sp³-hybridized carbons (Fsp3) is 0.350. The summed E-state index contributed by atoms with van der Waals surface area (Å²) in [6.45, 7) is 3.70. The Morgan fingerprint density at radius 2 is 1.89 bits per heavy atom. The number of benzene rings is 2. The molecule has 27 heavy (non-hydrogen) atoms. The molecule has 6 nitrogen and oxygen atoms in total. The first kappa shape index (κ1) is 19.4. The van der Waals surface area contributed by atoms with Crippen LogP contribution in [-0.2, 0) is 26.7 Å². The van der Waals surface area contributed by atoms with Crippen LogP contribution in [0.1, 0.15) is 42.9 Å². The second-order valence-corrected chi connectivity index (χ2v) is 9.04. The minimum Gasteiger partial charge on any atom is -0.481 e. The van der Waals surface area contributed by atoms with Crippen molar-refractivity contribution in [1.82, 2.24) is 0 Å². The second-order valence-electron chi connectivity index (χ2n) is 7.49. The van der Waals surface area contributed by atoms with Crippen LogP contribution >= 0.6 is 0 Å². The minimum absolute atomic E-state index is 0.0821. The maximum absolute atomic E-state index is 11.9. The highest BCUT2D eigenvalue weighted by molar-refractivity contribution is 7.86. The van der Waals surface area contributed by atoms with Crippen LogP contribution < -0.4 is 4.74 Å². The Morgan fingerprint density at radius 1 is 1.22 bits per heavy atom. The molecule has 1 heterocycles. The quantitative estimate of drug-likeness (QED) is 0.759. The lowest BCUT2D eigenvalue weighted by atomic mass is 9.78. The first-order chi connectivity index (χ1) is 12.6. The lowest BCUT2D eigenvalue weighted by Crippen LogP contribution is -2.39. The number of rotatable bonds is 5. The van der Waals surface area contributed by atoms with Gasteiger partial charge in [0.2, 0.25) is 5.44 Å².